The molecule has 2 aliphatic heterocycles. The van der Waals surface area contributed by atoms with Crippen LogP contribution in [0.4, 0.5) is 10.5 Å². The molecule has 302 valence electrons. The molecule has 6 rings (SSSR count). The second-order valence-corrected chi connectivity index (χ2v) is 17.2. The van der Waals surface area contributed by atoms with E-state index in [-0.39, 0.29) is 24.0 Å². The molecule has 2 fully saturated rings. The molecule has 3 amide bonds. The minimum Gasteiger partial charge on any atom is -0.361 e. The van der Waals surface area contributed by atoms with E-state index in [0.717, 1.165) is 92.1 Å². The smallest absolute Gasteiger partial charge is 0.315 e. The SMILES string of the molecule is CCCCCCCC/C=C\CCCC(CCCC/C=C(\C#N)c1c[nH]c2ccc(NC(=O)CCCC[C@H]3SC[C@H]4NC(=O)N[C@H]43)cc12)c1nccc2ccccc12. The van der Waals surface area contributed by atoms with E-state index in [4.69, 9.17) is 4.98 Å². The maximum atomic E-state index is 12.9. The fourth-order valence-electron chi connectivity index (χ4n) is 8.56. The number of allylic oxidation sites excluding steroid dienone is 4. The van der Waals surface area contributed by atoms with Crippen molar-refractivity contribution in [1.82, 2.24) is 20.6 Å². The number of amides is 3. The summed E-state index contributed by atoms with van der Waals surface area (Å²) in [5.74, 6) is 1.34. The fourth-order valence-corrected chi connectivity index (χ4v) is 10.1. The van der Waals surface area contributed by atoms with Gasteiger partial charge in [-0.1, -0.05) is 94.4 Å². The fraction of sp³-hybridized carbons (Fsp3) is 0.500. The molecular formula is C48H62N6O2S. The van der Waals surface area contributed by atoms with E-state index in [9.17, 15) is 14.9 Å². The number of H-pyrrole nitrogens is 1. The predicted molar refractivity (Wildman–Crippen MR) is 238 cm³/mol. The van der Waals surface area contributed by atoms with E-state index in [1.807, 2.05) is 42.4 Å². The van der Waals surface area contributed by atoms with Crippen LogP contribution in [-0.4, -0.2) is 45.0 Å². The van der Waals surface area contributed by atoms with E-state index in [1.165, 1.54) is 61.4 Å². The van der Waals surface area contributed by atoms with Gasteiger partial charge in [0.1, 0.15) is 0 Å². The number of rotatable bonds is 24. The lowest BCUT2D eigenvalue weighted by Crippen LogP contribution is -2.36. The molecule has 4 N–H and O–H groups in total. The highest BCUT2D eigenvalue weighted by Gasteiger charge is 2.42. The number of unbranched alkanes of at least 4 members (excludes halogenated alkanes) is 10. The van der Waals surface area contributed by atoms with Crippen LogP contribution in [-0.2, 0) is 4.79 Å². The molecule has 0 saturated carbocycles. The summed E-state index contributed by atoms with van der Waals surface area (Å²) in [5, 5.41) is 23.2. The largest absolute Gasteiger partial charge is 0.361 e. The lowest BCUT2D eigenvalue weighted by atomic mass is 9.89. The first-order chi connectivity index (χ1) is 28.0. The van der Waals surface area contributed by atoms with Crippen LogP contribution in [0.15, 0.2) is 79.2 Å². The Morgan fingerprint density at radius 2 is 1.74 bits per heavy atom. The molecule has 0 aliphatic carbocycles. The zero-order chi connectivity index (χ0) is 39.7. The zero-order valence-corrected chi connectivity index (χ0v) is 34.7. The summed E-state index contributed by atoms with van der Waals surface area (Å²) in [6, 6.07) is 19.4. The summed E-state index contributed by atoms with van der Waals surface area (Å²) < 4.78 is 0. The number of anilines is 1. The normalized spacial score (nSPS) is 18.5. The molecule has 2 aliphatic rings. The molecule has 8 nitrogen and oxygen atoms in total. The van der Waals surface area contributed by atoms with Crippen molar-refractivity contribution in [2.45, 2.75) is 146 Å². The maximum absolute atomic E-state index is 12.9. The average Bonchev–Trinajstić information content (AvgIpc) is 3.93. The molecule has 2 aromatic heterocycles. The van der Waals surface area contributed by atoms with Gasteiger partial charge in [0.25, 0.3) is 0 Å². The Morgan fingerprint density at radius 1 is 0.930 bits per heavy atom. The number of nitriles is 1. The number of carbonyl (C=O) groups excluding carboxylic acids is 2. The number of benzene rings is 2. The van der Waals surface area contributed by atoms with Gasteiger partial charge in [0.05, 0.1) is 29.4 Å². The van der Waals surface area contributed by atoms with Crippen molar-refractivity contribution in [3.05, 3.63) is 90.4 Å². The number of aromatic amines is 1. The Kier molecular flexibility index (Phi) is 16.5. The number of aromatic nitrogens is 2. The van der Waals surface area contributed by atoms with Gasteiger partial charge >= 0.3 is 6.03 Å². The van der Waals surface area contributed by atoms with Gasteiger partial charge in [0.15, 0.2) is 0 Å². The van der Waals surface area contributed by atoms with E-state index in [1.54, 1.807) is 0 Å². The second-order valence-electron chi connectivity index (χ2n) is 16.0. The molecule has 57 heavy (non-hydrogen) atoms. The minimum atomic E-state index is -0.0625. The number of thioether (sulfide) groups is 1. The Balaban J connectivity index is 0.976. The van der Waals surface area contributed by atoms with Crippen molar-refractivity contribution in [2.75, 3.05) is 11.1 Å². The van der Waals surface area contributed by atoms with Gasteiger partial charge in [0.2, 0.25) is 5.91 Å². The van der Waals surface area contributed by atoms with Crippen molar-refractivity contribution < 1.29 is 9.59 Å². The third kappa shape index (κ3) is 12.2. The van der Waals surface area contributed by atoms with Crippen LogP contribution >= 0.6 is 11.8 Å². The van der Waals surface area contributed by atoms with Crippen LogP contribution in [0.3, 0.4) is 0 Å². The first kappa shape index (κ1) is 42.1. The lowest BCUT2D eigenvalue weighted by Gasteiger charge is -2.18. The molecule has 2 saturated heterocycles. The Labute approximate surface area is 344 Å². The molecule has 0 radical (unpaired) electrons. The van der Waals surface area contributed by atoms with Crippen LogP contribution in [0.25, 0.3) is 27.2 Å². The third-order valence-electron chi connectivity index (χ3n) is 11.7. The number of fused-ring (bicyclic) bond motifs is 3. The number of nitrogens with one attached hydrogen (secondary N) is 4. The predicted octanol–water partition coefficient (Wildman–Crippen LogP) is 12.1. The minimum absolute atomic E-state index is 0.00719. The van der Waals surface area contributed by atoms with Crippen molar-refractivity contribution >= 4 is 56.6 Å². The Bertz CT molecular complexity index is 2010. The molecule has 4 aromatic rings. The van der Waals surface area contributed by atoms with E-state index >= 15 is 0 Å². The highest BCUT2D eigenvalue weighted by Crippen LogP contribution is 2.34. The van der Waals surface area contributed by atoms with Gasteiger partial charge in [0, 0.05) is 63.3 Å². The highest BCUT2D eigenvalue weighted by atomic mass is 32.2. The van der Waals surface area contributed by atoms with Gasteiger partial charge in [-0.2, -0.15) is 17.0 Å². The third-order valence-corrected chi connectivity index (χ3v) is 13.2. The monoisotopic (exact) mass is 786 g/mol. The number of nitrogens with zero attached hydrogens (tertiary/aromatic N) is 2. The van der Waals surface area contributed by atoms with E-state index in [0.29, 0.717) is 23.2 Å². The number of hydrogen-bond acceptors (Lipinski definition) is 5. The van der Waals surface area contributed by atoms with E-state index < -0.39 is 0 Å². The first-order valence-corrected chi connectivity index (χ1v) is 22.8. The average molecular weight is 787 g/mol. The lowest BCUT2D eigenvalue weighted by molar-refractivity contribution is -0.116. The maximum Gasteiger partial charge on any atom is 0.315 e. The number of pyridine rings is 1. The van der Waals surface area contributed by atoms with Gasteiger partial charge in [-0.3, -0.25) is 9.78 Å². The van der Waals surface area contributed by atoms with Crippen molar-refractivity contribution in [3.63, 3.8) is 0 Å². The van der Waals surface area contributed by atoms with Gasteiger partial charge in [-0.05, 0) is 93.9 Å². The van der Waals surface area contributed by atoms with Crippen molar-refractivity contribution in [2.24, 2.45) is 0 Å². The first-order valence-electron chi connectivity index (χ1n) is 21.7. The summed E-state index contributed by atoms with van der Waals surface area (Å²) in [6.07, 6.45) is 30.5. The standard InChI is InChI=1S/C48H62N6O2S/c1-2-3-4-5-6-7-8-9-10-11-13-21-36(46-39-24-17-16-20-35(39)29-30-50-46)22-14-12-15-23-37(32-49)41-33-51-42-28-27-38(31-40(41)42)52-45(55)26-19-18-25-44-47-43(34-57-44)53-48(56)54-47/h9-10,16-17,20,23-24,27-31,33,36,43-44,47,51H,2-8,11-15,18-19,21-22,25-26,34H2,1H3,(H,52,55)(H2,53,54,56)/b10-9-,37-23+/t36?,43-,44-,47-/m1/s1. The molecule has 9 heteroatoms. The van der Waals surface area contributed by atoms with Gasteiger partial charge in [-0.25, -0.2) is 4.79 Å². The quantitative estimate of drug-likeness (QED) is 0.0244. The second kappa shape index (κ2) is 22.4. The van der Waals surface area contributed by atoms with Crippen LogP contribution in [0.2, 0.25) is 0 Å². The molecule has 4 heterocycles. The number of carbonyl (C=O) groups is 2. The summed E-state index contributed by atoms with van der Waals surface area (Å²) in [7, 11) is 0. The Morgan fingerprint density at radius 3 is 2.61 bits per heavy atom. The Hall–Kier alpha value is -4.55. The van der Waals surface area contributed by atoms with Crippen molar-refractivity contribution in [3.8, 4) is 6.07 Å². The summed E-state index contributed by atoms with van der Waals surface area (Å²) >= 11 is 1.91. The van der Waals surface area contributed by atoms with Gasteiger partial charge in [-0.15, -0.1) is 0 Å². The molecular weight excluding hydrogens is 725 g/mol. The van der Waals surface area contributed by atoms with E-state index in [2.05, 4.69) is 82.5 Å². The summed E-state index contributed by atoms with van der Waals surface area (Å²) in [4.78, 5) is 32.8. The molecule has 0 bridgehead atoms. The summed E-state index contributed by atoms with van der Waals surface area (Å²) in [5.41, 5.74) is 4.42. The molecule has 1 unspecified atom stereocenters. The number of urea groups is 1. The topological polar surface area (TPSA) is 123 Å². The molecule has 4 atom stereocenters. The zero-order valence-electron chi connectivity index (χ0n) is 33.9. The van der Waals surface area contributed by atoms with Crippen LogP contribution < -0.4 is 16.0 Å². The number of hydrogen-bond donors (Lipinski definition) is 4. The van der Waals surface area contributed by atoms with Crippen LogP contribution in [0.1, 0.15) is 140 Å². The van der Waals surface area contributed by atoms with Gasteiger partial charge < -0.3 is 20.9 Å². The highest BCUT2D eigenvalue weighted by molar-refractivity contribution is 8.00. The molecule has 2 aromatic carbocycles. The van der Waals surface area contributed by atoms with Crippen LogP contribution in [0.5, 0.6) is 0 Å². The molecule has 0 spiro atoms. The summed E-state index contributed by atoms with van der Waals surface area (Å²) in [6.45, 7) is 2.27. The van der Waals surface area contributed by atoms with Crippen LogP contribution in [0, 0.1) is 11.3 Å². The van der Waals surface area contributed by atoms with Crippen molar-refractivity contribution in [1.29, 1.82) is 5.26 Å².